The van der Waals surface area contributed by atoms with Crippen LogP contribution < -0.4 is 10.6 Å². The first kappa shape index (κ1) is 14.5. The standard InChI is InChI=1S/C15H17BrN2O3/c16-9-1-2-12(10(7-9)14(20)21)18-13(19)11-8-15(11)3-5-17-6-4-15/h1-2,7,11,17H,3-6,8H2,(H,18,19)(H,20,21). The van der Waals surface area contributed by atoms with Gasteiger partial charge in [-0.15, -0.1) is 0 Å². The van der Waals surface area contributed by atoms with Crippen molar-refractivity contribution in [2.24, 2.45) is 11.3 Å². The number of benzene rings is 1. The lowest BCUT2D eigenvalue weighted by Gasteiger charge is -2.23. The Morgan fingerprint density at radius 1 is 1.33 bits per heavy atom. The van der Waals surface area contributed by atoms with Gasteiger partial charge in [-0.1, -0.05) is 15.9 Å². The molecule has 1 atom stereocenters. The van der Waals surface area contributed by atoms with Gasteiger partial charge in [0.2, 0.25) is 5.91 Å². The average molecular weight is 353 g/mol. The van der Waals surface area contributed by atoms with E-state index in [0.29, 0.717) is 10.2 Å². The Bertz CT molecular complexity index is 597. The minimum absolute atomic E-state index is 0.0184. The number of carbonyl (C=O) groups is 2. The second-order valence-electron chi connectivity index (χ2n) is 5.85. The van der Waals surface area contributed by atoms with Crippen molar-refractivity contribution in [3.8, 4) is 0 Å². The van der Waals surface area contributed by atoms with Crippen LogP contribution in [-0.2, 0) is 4.79 Å². The highest BCUT2D eigenvalue weighted by molar-refractivity contribution is 9.10. The predicted octanol–water partition coefficient (Wildman–Crippen LogP) is 2.48. The lowest BCUT2D eigenvalue weighted by Crippen LogP contribution is -2.31. The van der Waals surface area contributed by atoms with Crippen LogP contribution in [0.25, 0.3) is 0 Å². The maximum atomic E-state index is 12.4. The molecule has 5 nitrogen and oxygen atoms in total. The van der Waals surface area contributed by atoms with E-state index in [9.17, 15) is 14.7 Å². The summed E-state index contributed by atoms with van der Waals surface area (Å²) in [6.07, 6.45) is 2.97. The highest BCUT2D eigenvalue weighted by Crippen LogP contribution is 2.58. The Labute approximate surface area is 131 Å². The molecule has 1 unspecified atom stereocenters. The largest absolute Gasteiger partial charge is 0.478 e. The van der Waals surface area contributed by atoms with Crippen LogP contribution in [0, 0.1) is 11.3 Å². The number of piperidine rings is 1. The number of rotatable bonds is 3. The van der Waals surface area contributed by atoms with E-state index in [-0.39, 0.29) is 22.8 Å². The van der Waals surface area contributed by atoms with E-state index < -0.39 is 5.97 Å². The summed E-state index contributed by atoms with van der Waals surface area (Å²) in [5.41, 5.74) is 0.623. The fourth-order valence-electron chi connectivity index (χ4n) is 3.22. The summed E-state index contributed by atoms with van der Waals surface area (Å²) in [5.74, 6) is -1.08. The number of hydrogen-bond acceptors (Lipinski definition) is 3. The molecule has 3 rings (SSSR count). The molecule has 0 radical (unpaired) electrons. The van der Waals surface area contributed by atoms with Crippen molar-refractivity contribution >= 4 is 33.5 Å². The summed E-state index contributed by atoms with van der Waals surface area (Å²) >= 11 is 3.25. The second-order valence-corrected chi connectivity index (χ2v) is 6.77. The summed E-state index contributed by atoms with van der Waals surface area (Å²) in [6.45, 7) is 1.92. The molecule has 112 valence electrons. The van der Waals surface area contributed by atoms with Crippen molar-refractivity contribution in [1.29, 1.82) is 0 Å². The van der Waals surface area contributed by atoms with Crippen LogP contribution in [0.4, 0.5) is 5.69 Å². The van der Waals surface area contributed by atoms with E-state index in [2.05, 4.69) is 26.6 Å². The van der Waals surface area contributed by atoms with Crippen LogP contribution in [0.3, 0.4) is 0 Å². The first-order valence-electron chi connectivity index (χ1n) is 7.06. The molecule has 3 N–H and O–H groups in total. The number of aromatic carboxylic acids is 1. The van der Waals surface area contributed by atoms with Crippen molar-refractivity contribution in [2.45, 2.75) is 19.3 Å². The van der Waals surface area contributed by atoms with E-state index in [0.717, 1.165) is 32.4 Å². The van der Waals surface area contributed by atoms with Gasteiger partial charge < -0.3 is 15.7 Å². The fourth-order valence-corrected chi connectivity index (χ4v) is 3.58. The number of carbonyl (C=O) groups excluding carboxylic acids is 1. The first-order chi connectivity index (χ1) is 10.0. The van der Waals surface area contributed by atoms with Gasteiger partial charge in [0.05, 0.1) is 11.3 Å². The number of halogens is 1. The molecule has 1 aliphatic carbocycles. The molecular weight excluding hydrogens is 336 g/mol. The van der Waals surface area contributed by atoms with Gasteiger partial charge in [-0.2, -0.15) is 0 Å². The third-order valence-corrected chi connectivity index (χ3v) is 5.07. The maximum absolute atomic E-state index is 12.4. The van der Waals surface area contributed by atoms with Gasteiger partial charge in [0.25, 0.3) is 0 Å². The number of hydrogen-bond donors (Lipinski definition) is 3. The van der Waals surface area contributed by atoms with Gasteiger partial charge in [-0.05, 0) is 56.0 Å². The van der Waals surface area contributed by atoms with Crippen molar-refractivity contribution in [1.82, 2.24) is 5.32 Å². The summed E-state index contributed by atoms with van der Waals surface area (Å²) in [6, 6.07) is 4.86. The van der Waals surface area contributed by atoms with Crippen LogP contribution in [0.1, 0.15) is 29.6 Å². The molecule has 6 heteroatoms. The Hall–Kier alpha value is -1.40. The molecule has 0 bridgehead atoms. The average Bonchev–Trinajstić information content (AvgIpc) is 3.15. The van der Waals surface area contributed by atoms with E-state index >= 15 is 0 Å². The Kier molecular flexibility index (Phi) is 3.75. The maximum Gasteiger partial charge on any atom is 0.337 e. The van der Waals surface area contributed by atoms with Gasteiger partial charge in [-0.25, -0.2) is 4.79 Å². The SMILES string of the molecule is O=C(O)c1cc(Br)ccc1NC(=O)C1CC12CCNCC2. The molecular formula is C15H17BrN2O3. The van der Waals surface area contributed by atoms with Crippen LogP contribution in [0.15, 0.2) is 22.7 Å². The van der Waals surface area contributed by atoms with Crippen LogP contribution >= 0.6 is 15.9 Å². The first-order valence-corrected chi connectivity index (χ1v) is 7.86. The number of nitrogens with one attached hydrogen (secondary N) is 2. The zero-order chi connectivity index (χ0) is 15.0. The Morgan fingerprint density at radius 2 is 2.05 bits per heavy atom. The number of carboxylic acids is 1. The highest BCUT2D eigenvalue weighted by atomic mass is 79.9. The number of carboxylic acid groups (broad SMARTS) is 1. The molecule has 1 aliphatic heterocycles. The summed E-state index contributed by atoms with van der Waals surface area (Å²) in [5, 5.41) is 15.3. The van der Waals surface area contributed by atoms with Gasteiger partial charge in [0.15, 0.2) is 0 Å². The van der Waals surface area contributed by atoms with Crippen molar-refractivity contribution in [3.05, 3.63) is 28.2 Å². The molecule has 2 fully saturated rings. The van der Waals surface area contributed by atoms with Crippen molar-refractivity contribution in [2.75, 3.05) is 18.4 Å². The molecule has 1 spiro atoms. The zero-order valence-corrected chi connectivity index (χ0v) is 13.1. The molecule has 1 saturated heterocycles. The molecule has 1 aromatic rings. The van der Waals surface area contributed by atoms with Gasteiger partial charge in [-0.3, -0.25) is 4.79 Å². The molecule has 1 aromatic carbocycles. The van der Waals surface area contributed by atoms with Crippen LogP contribution in [-0.4, -0.2) is 30.1 Å². The van der Waals surface area contributed by atoms with E-state index in [1.54, 1.807) is 12.1 Å². The topological polar surface area (TPSA) is 78.4 Å². The highest BCUT2D eigenvalue weighted by Gasteiger charge is 2.57. The monoisotopic (exact) mass is 352 g/mol. The third-order valence-electron chi connectivity index (χ3n) is 4.58. The fraction of sp³-hybridized carbons (Fsp3) is 0.467. The predicted molar refractivity (Wildman–Crippen MR) is 82.4 cm³/mol. The van der Waals surface area contributed by atoms with Crippen molar-refractivity contribution in [3.63, 3.8) is 0 Å². The normalized spacial score (nSPS) is 22.8. The number of amides is 1. The summed E-state index contributed by atoms with van der Waals surface area (Å²) in [4.78, 5) is 23.6. The van der Waals surface area contributed by atoms with Gasteiger partial charge in [0, 0.05) is 10.4 Å². The minimum Gasteiger partial charge on any atom is -0.478 e. The Morgan fingerprint density at radius 3 is 2.71 bits per heavy atom. The quantitative estimate of drug-likeness (QED) is 0.780. The summed E-state index contributed by atoms with van der Waals surface area (Å²) < 4.78 is 0.680. The number of anilines is 1. The van der Waals surface area contributed by atoms with Gasteiger partial charge in [0.1, 0.15) is 0 Å². The molecule has 1 heterocycles. The van der Waals surface area contributed by atoms with Crippen LogP contribution in [0.5, 0.6) is 0 Å². The molecule has 0 aromatic heterocycles. The lowest BCUT2D eigenvalue weighted by molar-refractivity contribution is -0.118. The van der Waals surface area contributed by atoms with Gasteiger partial charge >= 0.3 is 5.97 Å². The summed E-state index contributed by atoms with van der Waals surface area (Å²) in [7, 11) is 0. The molecule has 21 heavy (non-hydrogen) atoms. The van der Waals surface area contributed by atoms with E-state index in [4.69, 9.17) is 0 Å². The van der Waals surface area contributed by atoms with E-state index in [1.165, 1.54) is 6.07 Å². The van der Waals surface area contributed by atoms with E-state index in [1.807, 2.05) is 0 Å². The zero-order valence-electron chi connectivity index (χ0n) is 11.5. The molecule has 1 saturated carbocycles. The molecule has 2 aliphatic rings. The minimum atomic E-state index is -1.04. The smallest absolute Gasteiger partial charge is 0.337 e. The van der Waals surface area contributed by atoms with Crippen molar-refractivity contribution < 1.29 is 14.7 Å². The lowest BCUT2D eigenvalue weighted by atomic mass is 9.91. The second kappa shape index (κ2) is 5.42. The Balaban J connectivity index is 1.73. The van der Waals surface area contributed by atoms with Crippen LogP contribution in [0.2, 0.25) is 0 Å². The third kappa shape index (κ3) is 2.82. The molecule has 1 amide bonds.